The van der Waals surface area contributed by atoms with Crippen molar-refractivity contribution in [2.75, 3.05) is 0 Å². The molecule has 0 aliphatic rings. The molecule has 0 saturated carbocycles. The zero-order valence-corrected chi connectivity index (χ0v) is 6.38. The van der Waals surface area contributed by atoms with E-state index in [2.05, 4.69) is 0 Å². The van der Waals surface area contributed by atoms with Crippen molar-refractivity contribution in [3.05, 3.63) is 35.3 Å². The minimum absolute atomic E-state index is 0.0959. The molecule has 1 unspecified atom stereocenters. The number of halogens is 1. The van der Waals surface area contributed by atoms with Crippen LogP contribution in [0.2, 0.25) is 0 Å². The number of pyridine rings is 1. The van der Waals surface area contributed by atoms with Crippen molar-refractivity contribution in [1.82, 2.24) is 0 Å². The van der Waals surface area contributed by atoms with Gasteiger partial charge in [0.15, 0.2) is 12.4 Å². The Balaban J connectivity index is 2.96. The van der Waals surface area contributed by atoms with E-state index < -0.39 is 0 Å². The first kappa shape index (κ1) is 7.35. The molecule has 3 heteroatoms. The molecule has 0 bridgehead atoms. The average molecular weight is 158 g/mol. The second-order valence-electron chi connectivity index (χ2n) is 2.11. The van der Waals surface area contributed by atoms with Gasteiger partial charge in [-0.2, -0.15) is 4.73 Å². The van der Waals surface area contributed by atoms with Gasteiger partial charge in [-0.3, -0.25) is 0 Å². The maximum absolute atomic E-state index is 10.7. The monoisotopic (exact) mass is 157 g/mol. The molecule has 0 aliphatic heterocycles. The third-order valence-corrected chi connectivity index (χ3v) is 1.51. The Kier molecular flexibility index (Phi) is 2.12. The van der Waals surface area contributed by atoms with Crippen LogP contribution >= 0.6 is 11.6 Å². The average Bonchev–Trinajstić information content (AvgIpc) is 1.88. The van der Waals surface area contributed by atoms with E-state index in [0.29, 0.717) is 0 Å². The summed E-state index contributed by atoms with van der Waals surface area (Å²) in [6.45, 7) is 1.83. The predicted molar refractivity (Wildman–Crippen MR) is 39.7 cm³/mol. The Morgan fingerprint density at radius 1 is 1.70 bits per heavy atom. The van der Waals surface area contributed by atoms with Crippen molar-refractivity contribution in [2.45, 2.75) is 12.3 Å². The first-order valence-electron chi connectivity index (χ1n) is 3.03. The molecule has 0 aliphatic carbocycles. The van der Waals surface area contributed by atoms with Crippen LogP contribution in [0.5, 0.6) is 0 Å². The van der Waals surface area contributed by atoms with Crippen molar-refractivity contribution in [3.63, 3.8) is 0 Å². The number of nitrogens with zero attached hydrogens (tertiary/aromatic N) is 1. The lowest BCUT2D eigenvalue weighted by atomic mass is 10.2. The van der Waals surface area contributed by atoms with E-state index >= 15 is 0 Å². The number of hydrogen-bond donors (Lipinski definition) is 0. The van der Waals surface area contributed by atoms with Gasteiger partial charge in [-0.25, -0.2) is 0 Å². The maximum atomic E-state index is 10.7. The van der Waals surface area contributed by atoms with E-state index in [-0.39, 0.29) is 5.38 Å². The van der Waals surface area contributed by atoms with Gasteiger partial charge in [0.25, 0.3) is 0 Å². The largest absolute Gasteiger partial charge is 0.619 e. The number of hydrogen-bond acceptors (Lipinski definition) is 1. The quantitative estimate of drug-likeness (QED) is 0.346. The highest BCUT2D eigenvalue weighted by Crippen LogP contribution is 2.16. The van der Waals surface area contributed by atoms with Crippen LogP contribution in [0.4, 0.5) is 0 Å². The Morgan fingerprint density at radius 3 is 2.80 bits per heavy atom. The smallest absolute Gasteiger partial charge is 0.185 e. The molecule has 0 radical (unpaired) electrons. The van der Waals surface area contributed by atoms with Crippen LogP contribution in [0.1, 0.15) is 17.9 Å². The van der Waals surface area contributed by atoms with Gasteiger partial charge in [-0.05, 0) is 13.0 Å². The number of aromatic nitrogens is 1. The van der Waals surface area contributed by atoms with Gasteiger partial charge < -0.3 is 5.21 Å². The van der Waals surface area contributed by atoms with Crippen LogP contribution in [-0.4, -0.2) is 0 Å². The van der Waals surface area contributed by atoms with Gasteiger partial charge in [-0.15, -0.1) is 11.6 Å². The first-order valence-corrected chi connectivity index (χ1v) is 3.46. The summed E-state index contributed by atoms with van der Waals surface area (Å²) < 4.78 is 0.744. The molecule has 1 rings (SSSR count). The van der Waals surface area contributed by atoms with Crippen LogP contribution < -0.4 is 4.73 Å². The van der Waals surface area contributed by atoms with Crippen molar-refractivity contribution >= 4 is 11.6 Å². The van der Waals surface area contributed by atoms with E-state index in [1.807, 2.05) is 13.0 Å². The van der Waals surface area contributed by atoms with Crippen LogP contribution in [0.3, 0.4) is 0 Å². The molecule has 0 fully saturated rings. The zero-order chi connectivity index (χ0) is 7.56. The molecule has 0 N–H and O–H groups in total. The summed E-state index contributed by atoms with van der Waals surface area (Å²) in [7, 11) is 0. The molecule has 2 nitrogen and oxygen atoms in total. The maximum Gasteiger partial charge on any atom is 0.185 e. The van der Waals surface area contributed by atoms with Crippen LogP contribution in [0, 0.1) is 5.21 Å². The molecule has 0 spiro atoms. The van der Waals surface area contributed by atoms with Crippen molar-refractivity contribution in [2.24, 2.45) is 0 Å². The minimum Gasteiger partial charge on any atom is -0.619 e. The summed E-state index contributed by atoms with van der Waals surface area (Å²) in [5, 5.41) is 10.6. The molecule has 10 heavy (non-hydrogen) atoms. The van der Waals surface area contributed by atoms with E-state index in [1.165, 1.54) is 12.4 Å². The van der Waals surface area contributed by atoms with Crippen molar-refractivity contribution in [3.8, 4) is 0 Å². The highest BCUT2D eigenvalue weighted by atomic mass is 35.5. The Hall–Kier alpha value is -0.760. The Labute approximate surface area is 64.6 Å². The molecule has 1 heterocycles. The fourth-order valence-corrected chi connectivity index (χ4v) is 0.836. The van der Waals surface area contributed by atoms with Gasteiger partial charge in [0.2, 0.25) is 0 Å². The summed E-state index contributed by atoms with van der Waals surface area (Å²) in [5.74, 6) is 0. The molecule has 1 atom stereocenters. The third kappa shape index (κ3) is 1.61. The fraction of sp³-hybridized carbons (Fsp3) is 0.286. The third-order valence-electron chi connectivity index (χ3n) is 1.26. The first-order chi connectivity index (χ1) is 4.70. The van der Waals surface area contributed by atoms with Crippen LogP contribution in [-0.2, 0) is 0 Å². The van der Waals surface area contributed by atoms with Gasteiger partial charge in [0.05, 0.1) is 5.38 Å². The van der Waals surface area contributed by atoms with Crippen LogP contribution in [0.15, 0.2) is 24.5 Å². The van der Waals surface area contributed by atoms with Gasteiger partial charge in [-0.1, -0.05) is 0 Å². The zero-order valence-electron chi connectivity index (χ0n) is 5.62. The Morgan fingerprint density at radius 2 is 2.40 bits per heavy atom. The summed E-state index contributed by atoms with van der Waals surface area (Å²) >= 11 is 5.72. The SMILES string of the molecule is CC(Cl)c1ccc[n+]([O-])c1. The molecule has 54 valence electrons. The van der Waals surface area contributed by atoms with Gasteiger partial charge >= 0.3 is 0 Å². The van der Waals surface area contributed by atoms with Crippen molar-refractivity contribution in [1.29, 1.82) is 0 Å². The predicted octanol–water partition coefficient (Wildman–Crippen LogP) is 1.62. The van der Waals surface area contributed by atoms with E-state index in [4.69, 9.17) is 11.6 Å². The fourth-order valence-electron chi connectivity index (χ4n) is 0.707. The topological polar surface area (TPSA) is 26.9 Å². The second kappa shape index (κ2) is 2.88. The summed E-state index contributed by atoms with van der Waals surface area (Å²) in [6.07, 6.45) is 2.90. The number of rotatable bonds is 1. The van der Waals surface area contributed by atoms with E-state index in [1.54, 1.807) is 6.07 Å². The molecule has 1 aromatic rings. The second-order valence-corrected chi connectivity index (χ2v) is 2.77. The lowest BCUT2D eigenvalue weighted by Gasteiger charge is -2.00. The molecule has 0 aromatic carbocycles. The van der Waals surface area contributed by atoms with Gasteiger partial charge in [0, 0.05) is 11.6 Å². The summed E-state index contributed by atoms with van der Waals surface area (Å²) in [5.41, 5.74) is 0.846. The molecular weight excluding hydrogens is 150 g/mol. The summed E-state index contributed by atoms with van der Waals surface area (Å²) in [6, 6.07) is 3.51. The molecule has 1 aromatic heterocycles. The highest BCUT2D eigenvalue weighted by Gasteiger charge is 2.02. The Bertz CT molecular complexity index is 225. The van der Waals surface area contributed by atoms with E-state index in [9.17, 15) is 5.21 Å². The number of alkyl halides is 1. The molecule has 0 saturated heterocycles. The summed E-state index contributed by atoms with van der Waals surface area (Å²) in [4.78, 5) is 0. The van der Waals surface area contributed by atoms with Gasteiger partial charge in [0.1, 0.15) is 0 Å². The minimum atomic E-state index is -0.0959. The van der Waals surface area contributed by atoms with E-state index in [0.717, 1.165) is 10.3 Å². The highest BCUT2D eigenvalue weighted by molar-refractivity contribution is 6.20. The normalized spacial score (nSPS) is 13.0. The van der Waals surface area contributed by atoms with Crippen molar-refractivity contribution < 1.29 is 4.73 Å². The van der Waals surface area contributed by atoms with Crippen LogP contribution in [0.25, 0.3) is 0 Å². The molecular formula is C7H8ClNO. The lowest BCUT2D eigenvalue weighted by Crippen LogP contribution is -2.24. The lowest BCUT2D eigenvalue weighted by molar-refractivity contribution is -0.605. The standard InChI is InChI=1S/C7H8ClNO/c1-6(8)7-3-2-4-9(10)5-7/h2-6H,1H3. The molecule has 0 amide bonds.